The lowest BCUT2D eigenvalue weighted by molar-refractivity contribution is 0.0302. The van der Waals surface area contributed by atoms with E-state index < -0.39 is 0 Å². The number of benzene rings is 1. The van der Waals surface area contributed by atoms with Crippen LogP contribution in [0.2, 0.25) is 0 Å². The third kappa shape index (κ3) is 4.70. The minimum atomic E-state index is 0.00889. The predicted molar refractivity (Wildman–Crippen MR) is 96.1 cm³/mol. The topological polar surface area (TPSA) is 63.7 Å². The van der Waals surface area contributed by atoms with Crippen LogP contribution >= 0.6 is 0 Å². The highest BCUT2D eigenvalue weighted by molar-refractivity contribution is 5.94. The molecule has 25 heavy (non-hydrogen) atoms. The average Bonchev–Trinajstić information content (AvgIpc) is 2.69. The molecule has 0 aliphatic carbocycles. The number of carbonyl (C=O) groups excluding carboxylic acids is 1. The minimum absolute atomic E-state index is 0.00889. The van der Waals surface area contributed by atoms with Gasteiger partial charge in [0.1, 0.15) is 5.75 Å². The fourth-order valence-corrected chi connectivity index (χ4v) is 2.75. The number of nitrogens with one attached hydrogen (secondary N) is 1. The molecule has 132 valence electrons. The minimum Gasteiger partial charge on any atom is -0.497 e. The van der Waals surface area contributed by atoms with Gasteiger partial charge in [0, 0.05) is 32.0 Å². The molecule has 1 aromatic heterocycles. The lowest BCUT2D eigenvalue weighted by Gasteiger charge is -2.26. The molecule has 2 heterocycles. The van der Waals surface area contributed by atoms with Gasteiger partial charge in [0.15, 0.2) is 0 Å². The number of pyridine rings is 1. The summed E-state index contributed by atoms with van der Waals surface area (Å²) in [6, 6.07) is 9.88. The lowest BCUT2D eigenvalue weighted by Crippen LogP contribution is -2.40. The number of rotatable bonds is 6. The normalized spacial score (nSPS) is 14.2. The maximum absolute atomic E-state index is 12.5. The van der Waals surface area contributed by atoms with E-state index in [0.29, 0.717) is 31.9 Å². The Balaban J connectivity index is 1.54. The Morgan fingerprint density at radius 1 is 1.24 bits per heavy atom. The number of methoxy groups -OCH3 is 1. The molecule has 6 nitrogen and oxygen atoms in total. The van der Waals surface area contributed by atoms with Crippen LogP contribution in [0.15, 0.2) is 42.7 Å². The van der Waals surface area contributed by atoms with Gasteiger partial charge < -0.3 is 19.7 Å². The van der Waals surface area contributed by atoms with Gasteiger partial charge in [0.2, 0.25) is 0 Å². The van der Waals surface area contributed by atoms with Crippen LogP contribution in [0.25, 0.3) is 0 Å². The van der Waals surface area contributed by atoms with Gasteiger partial charge >= 0.3 is 0 Å². The molecule has 3 rings (SSSR count). The van der Waals surface area contributed by atoms with Crippen molar-refractivity contribution in [3.8, 4) is 5.75 Å². The van der Waals surface area contributed by atoms with E-state index in [1.807, 2.05) is 23.1 Å². The smallest absolute Gasteiger partial charge is 0.255 e. The summed E-state index contributed by atoms with van der Waals surface area (Å²) < 4.78 is 10.5. The van der Waals surface area contributed by atoms with Crippen molar-refractivity contribution in [3.63, 3.8) is 0 Å². The molecule has 0 atom stereocenters. The number of anilines is 1. The van der Waals surface area contributed by atoms with Gasteiger partial charge in [-0.05, 0) is 30.2 Å². The van der Waals surface area contributed by atoms with Crippen LogP contribution in [0.1, 0.15) is 15.9 Å². The van der Waals surface area contributed by atoms with E-state index in [0.717, 1.165) is 24.4 Å². The van der Waals surface area contributed by atoms with Gasteiger partial charge in [-0.1, -0.05) is 12.1 Å². The third-order valence-corrected chi connectivity index (χ3v) is 4.19. The number of morpholine rings is 1. The fraction of sp³-hybridized carbons (Fsp3) is 0.368. The molecule has 6 heteroatoms. The van der Waals surface area contributed by atoms with Crippen molar-refractivity contribution in [2.24, 2.45) is 0 Å². The van der Waals surface area contributed by atoms with Gasteiger partial charge in [-0.15, -0.1) is 0 Å². The van der Waals surface area contributed by atoms with Crippen molar-refractivity contribution in [2.75, 3.05) is 45.3 Å². The Bertz CT molecular complexity index is 697. The van der Waals surface area contributed by atoms with Gasteiger partial charge in [-0.2, -0.15) is 0 Å². The second kappa shape index (κ2) is 8.48. The summed E-state index contributed by atoms with van der Waals surface area (Å²) in [7, 11) is 1.66. The Labute approximate surface area is 147 Å². The van der Waals surface area contributed by atoms with E-state index in [-0.39, 0.29) is 5.91 Å². The first kappa shape index (κ1) is 17.2. The highest BCUT2D eigenvalue weighted by atomic mass is 16.5. The van der Waals surface area contributed by atoms with Crippen LogP contribution in [0.5, 0.6) is 5.75 Å². The van der Waals surface area contributed by atoms with E-state index >= 15 is 0 Å². The number of nitrogens with zero attached hydrogens (tertiary/aromatic N) is 2. The summed E-state index contributed by atoms with van der Waals surface area (Å²) in [6.07, 6.45) is 4.24. The van der Waals surface area contributed by atoms with E-state index in [1.54, 1.807) is 19.5 Å². The molecule has 0 unspecified atom stereocenters. The average molecular weight is 341 g/mol. The molecule has 0 radical (unpaired) electrons. The van der Waals surface area contributed by atoms with Crippen LogP contribution in [-0.2, 0) is 11.2 Å². The monoisotopic (exact) mass is 341 g/mol. The Hall–Kier alpha value is -2.60. The molecular weight excluding hydrogens is 318 g/mol. The van der Waals surface area contributed by atoms with Crippen LogP contribution in [-0.4, -0.2) is 55.7 Å². The van der Waals surface area contributed by atoms with Crippen LogP contribution in [0, 0.1) is 0 Å². The molecule has 1 saturated heterocycles. The molecule has 0 spiro atoms. The summed E-state index contributed by atoms with van der Waals surface area (Å²) in [5.74, 6) is 0.866. The number of ether oxygens (including phenoxy) is 2. The quantitative estimate of drug-likeness (QED) is 0.873. The summed E-state index contributed by atoms with van der Waals surface area (Å²) in [6.45, 7) is 3.23. The van der Waals surface area contributed by atoms with E-state index in [2.05, 4.69) is 22.4 Å². The van der Waals surface area contributed by atoms with Crippen LogP contribution in [0.3, 0.4) is 0 Å². The predicted octanol–water partition coefficient (Wildman–Crippen LogP) is 2.22. The Kier molecular flexibility index (Phi) is 5.85. The van der Waals surface area contributed by atoms with Gasteiger partial charge in [0.25, 0.3) is 5.91 Å². The van der Waals surface area contributed by atoms with Crippen molar-refractivity contribution in [2.45, 2.75) is 6.42 Å². The molecule has 1 aliphatic rings. The molecule has 1 aromatic carbocycles. The summed E-state index contributed by atoms with van der Waals surface area (Å²) in [4.78, 5) is 18.5. The van der Waals surface area contributed by atoms with Crippen molar-refractivity contribution in [1.29, 1.82) is 0 Å². The number of hydrogen-bond donors (Lipinski definition) is 1. The van der Waals surface area contributed by atoms with Crippen LogP contribution in [0.4, 0.5) is 5.69 Å². The molecule has 2 aromatic rings. The van der Waals surface area contributed by atoms with E-state index in [4.69, 9.17) is 9.47 Å². The number of amides is 1. The first-order valence-corrected chi connectivity index (χ1v) is 8.45. The standard InChI is InChI=1S/C19H23N3O3/c1-24-18-4-2-15(3-5-18)6-7-21-17-12-16(13-20-14-17)19(23)22-8-10-25-11-9-22/h2-5,12-14,21H,6-11H2,1H3. The summed E-state index contributed by atoms with van der Waals surface area (Å²) in [5, 5.41) is 3.33. The van der Waals surface area contributed by atoms with Crippen molar-refractivity contribution in [1.82, 2.24) is 9.88 Å². The highest BCUT2D eigenvalue weighted by Gasteiger charge is 2.18. The largest absolute Gasteiger partial charge is 0.497 e. The van der Waals surface area contributed by atoms with Gasteiger partial charge in [-0.25, -0.2) is 0 Å². The second-order valence-electron chi connectivity index (χ2n) is 5.89. The first-order chi connectivity index (χ1) is 12.3. The second-order valence-corrected chi connectivity index (χ2v) is 5.89. The van der Waals surface area contributed by atoms with Gasteiger partial charge in [-0.3, -0.25) is 9.78 Å². The maximum Gasteiger partial charge on any atom is 0.255 e. The highest BCUT2D eigenvalue weighted by Crippen LogP contribution is 2.14. The Morgan fingerprint density at radius 2 is 2.00 bits per heavy atom. The molecule has 1 N–H and O–H groups in total. The number of carbonyl (C=O) groups is 1. The zero-order chi connectivity index (χ0) is 17.5. The lowest BCUT2D eigenvalue weighted by atomic mass is 10.1. The SMILES string of the molecule is COc1ccc(CCNc2cncc(C(=O)N3CCOCC3)c2)cc1. The fourth-order valence-electron chi connectivity index (χ4n) is 2.75. The Morgan fingerprint density at radius 3 is 2.72 bits per heavy atom. The molecule has 0 saturated carbocycles. The first-order valence-electron chi connectivity index (χ1n) is 8.45. The van der Waals surface area contributed by atoms with Crippen molar-refractivity contribution < 1.29 is 14.3 Å². The van der Waals surface area contributed by atoms with Crippen molar-refractivity contribution >= 4 is 11.6 Å². The molecule has 1 aliphatic heterocycles. The molecule has 0 bridgehead atoms. The number of hydrogen-bond acceptors (Lipinski definition) is 5. The van der Waals surface area contributed by atoms with E-state index in [1.165, 1.54) is 5.56 Å². The van der Waals surface area contributed by atoms with Crippen molar-refractivity contribution in [3.05, 3.63) is 53.9 Å². The van der Waals surface area contributed by atoms with Crippen LogP contribution < -0.4 is 10.1 Å². The summed E-state index contributed by atoms with van der Waals surface area (Å²) >= 11 is 0. The summed E-state index contributed by atoms with van der Waals surface area (Å²) in [5.41, 5.74) is 2.69. The zero-order valence-corrected chi connectivity index (χ0v) is 14.4. The molecule has 1 fully saturated rings. The molecule has 1 amide bonds. The maximum atomic E-state index is 12.5. The zero-order valence-electron chi connectivity index (χ0n) is 14.4. The van der Waals surface area contributed by atoms with Gasteiger partial charge in [0.05, 0.1) is 31.6 Å². The molecular formula is C19H23N3O3. The van der Waals surface area contributed by atoms with E-state index in [9.17, 15) is 4.79 Å². The number of aromatic nitrogens is 1. The third-order valence-electron chi connectivity index (χ3n) is 4.19.